The average Bonchev–Trinajstić information content (AvgIpc) is 1.84. The minimum atomic E-state index is -0.912. The highest BCUT2D eigenvalue weighted by atomic mass is 127. The predicted octanol–water partition coefficient (Wildman–Crippen LogP) is 3.22. The Balaban J connectivity index is 3.28. The molecule has 1 aromatic carbocycles. The first-order valence-electron chi connectivity index (χ1n) is 2.41. The SMILES string of the molecule is Fc1cc(Cl)c(I)cc1F. The lowest BCUT2D eigenvalue weighted by molar-refractivity contribution is 0.508. The zero-order valence-corrected chi connectivity index (χ0v) is 7.58. The Morgan fingerprint density at radius 3 is 2.20 bits per heavy atom. The van der Waals surface area contributed by atoms with Crippen molar-refractivity contribution in [2.75, 3.05) is 0 Å². The van der Waals surface area contributed by atoms with E-state index >= 15 is 0 Å². The maximum Gasteiger partial charge on any atom is 0.160 e. The third kappa shape index (κ3) is 1.58. The van der Waals surface area contributed by atoms with Gasteiger partial charge in [0.2, 0.25) is 0 Å². The minimum absolute atomic E-state index is 0.236. The van der Waals surface area contributed by atoms with Crippen molar-refractivity contribution in [1.29, 1.82) is 0 Å². The number of hydrogen-bond acceptors (Lipinski definition) is 0. The average molecular weight is 274 g/mol. The van der Waals surface area contributed by atoms with Gasteiger partial charge in [0, 0.05) is 3.57 Å². The van der Waals surface area contributed by atoms with Gasteiger partial charge in [0.1, 0.15) is 0 Å². The second-order valence-electron chi connectivity index (χ2n) is 1.68. The van der Waals surface area contributed by atoms with Crippen LogP contribution in [0.15, 0.2) is 12.1 Å². The van der Waals surface area contributed by atoms with E-state index in [2.05, 4.69) is 0 Å². The van der Waals surface area contributed by atoms with Gasteiger partial charge in [0.05, 0.1) is 5.02 Å². The van der Waals surface area contributed by atoms with Crippen LogP contribution in [0.2, 0.25) is 5.02 Å². The molecule has 0 atom stereocenters. The molecule has 54 valence electrons. The van der Waals surface area contributed by atoms with Gasteiger partial charge in [-0.05, 0) is 34.7 Å². The summed E-state index contributed by atoms with van der Waals surface area (Å²) in [7, 11) is 0. The Labute approximate surface area is 75.3 Å². The molecule has 0 spiro atoms. The van der Waals surface area contributed by atoms with E-state index in [9.17, 15) is 8.78 Å². The first-order valence-corrected chi connectivity index (χ1v) is 3.87. The van der Waals surface area contributed by atoms with E-state index in [1.807, 2.05) is 22.6 Å². The van der Waals surface area contributed by atoms with Crippen molar-refractivity contribution >= 4 is 34.2 Å². The van der Waals surface area contributed by atoms with Crippen molar-refractivity contribution < 1.29 is 8.78 Å². The smallest absolute Gasteiger partial charge is 0.160 e. The summed E-state index contributed by atoms with van der Waals surface area (Å²) >= 11 is 7.30. The molecule has 0 bridgehead atoms. The Morgan fingerprint density at radius 2 is 1.70 bits per heavy atom. The highest BCUT2D eigenvalue weighted by Crippen LogP contribution is 2.20. The van der Waals surface area contributed by atoms with Crippen LogP contribution >= 0.6 is 34.2 Å². The molecular weight excluding hydrogens is 272 g/mol. The van der Waals surface area contributed by atoms with Gasteiger partial charge >= 0.3 is 0 Å². The summed E-state index contributed by atoms with van der Waals surface area (Å²) in [6, 6.07) is 2.01. The van der Waals surface area contributed by atoms with E-state index < -0.39 is 11.6 Å². The van der Waals surface area contributed by atoms with Crippen LogP contribution in [0.3, 0.4) is 0 Å². The van der Waals surface area contributed by atoms with Crippen LogP contribution in [-0.2, 0) is 0 Å². The molecule has 0 nitrogen and oxygen atoms in total. The molecule has 0 heterocycles. The standard InChI is InChI=1S/C6H2ClF2I/c7-3-1-4(8)5(9)2-6(3)10/h1-2H. The predicted molar refractivity (Wildman–Crippen MR) is 44.1 cm³/mol. The molecular formula is C6H2ClF2I. The Bertz CT molecular complexity index is 212. The molecule has 0 amide bonds. The van der Waals surface area contributed by atoms with E-state index in [1.54, 1.807) is 0 Å². The van der Waals surface area contributed by atoms with E-state index in [0.29, 0.717) is 3.57 Å². The topological polar surface area (TPSA) is 0 Å². The monoisotopic (exact) mass is 274 g/mol. The van der Waals surface area contributed by atoms with Crippen LogP contribution in [-0.4, -0.2) is 0 Å². The lowest BCUT2D eigenvalue weighted by atomic mass is 10.3. The largest absolute Gasteiger partial charge is 0.204 e. The van der Waals surface area contributed by atoms with Gasteiger partial charge in [-0.25, -0.2) is 8.78 Å². The Morgan fingerprint density at radius 1 is 1.20 bits per heavy atom. The second kappa shape index (κ2) is 3.00. The molecule has 0 radical (unpaired) electrons. The van der Waals surface area contributed by atoms with Gasteiger partial charge in [0.15, 0.2) is 11.6 Å². The molecule has 0 saturated heterocycles. The maximum atomic E-state index is 12.3. The molecule has 4 heteroatoms. The molecule has 0 saturated carbocycles. The summed E-state index contributed by atoms with van der Waals surface area (Å²) in [6.45, 7) is 0. The quantitative estimate of drug-likeness (QED) is 0.503. The molecule has 0 aliphatic carbocycles. The highest BCUT2D eigenvalue weighted by Gasteiger charge is 2.04. The summed E-state index contributed by atoms with van der Waals surface area (Å²) in [5, 5.41) is 0.236. The molecule has 0 aromatic heterocycles. The Hall–Kier alpha value is 0.1000. The van der Waals surface area contributed by atoms with Crippen LogP contribution in [0.1, 0.15) is 0 Å². The molecule has 10 heavy (non-hydrogen) atoms. The van der Waals surface area contributed by atoms with Gasteiger partial charge < -0.3 is 0 Å². The number of rotatable bonds is 0. The summed E-state index contributed by atoms with van der Waals surface area (Å²) in [5.41, 5.74) is 0. The first-order chi connectivity index (χ1) is 4.61. The lowest BCUT2D eigenvalue weighted by Gasteiger charge is -1.95. The second-order valence-corrected chi connectivity index (χ2v) is 3.25. The van der Waals surface area contributed by atoms with Crippen molar-refractivity contribution in [2.45, 2.75) is 0 Å². The molecule has 0 unspecified atom stereocenters. The summed E-state index contributed by atoms with van der Waals surface area (Å²) in [5.74, 6) is -1.78. The van der Waals surface area contributed by atoms with Crippen molar-refractivity contribution in [2.24, 2.45) is 0 Å². The third-order valence-electron chi connectivity index (χ3n) is 0.963. The van der Waals surface area contributed by atoms with Crippen LogP contribution in [0.4, 0.5) is 8.78 Å². The van der Waals surface area contributed by atoms with E-state index in [4.69, 9.17) is 11.6 Å². The fourth-order valence-electron chi connectivity index (χ4n) is 0.498. The van der Waals surface area contributed by atoms with E-state index in [0.717, 1.165) is 12.1 Å². The van der Waals surface area contributed by atoms with E-state index in [1.165, 1.54) is 0 Å². The molecule has 1 rings (SSSR count). The molecule has 1 aromatic rings. The van der Waals surface area contributed by atoms with Gasteiger partial charge in [-0.2, -0.15) is 0 Å². The van der Waals surface area contributed by atoms with Gasteiger partial charge in [-0.15, -0.1) is 0 Å². The fourth-order valence-corrected chi connectivity index (χ4v) is 1.08. The van der Waals surface area contributed by atoms with Crippen molar-refractivity contribution in [3.8, 4) is 0 Å². The van der Waals surface area contributed by atoms with Crippen LogP contribution in [0.5, 0.6) is 0 Å². The number of halogens is 4. The van der Waals surface area contributed by atoms with Crippen molar-refractivity contribution in [3.63, 3.8) is 0 Å². The molecule has 0 N–H and O–H groups in total. The van der Waals surface area contributed by atoms with Gasteiger partial charge in [0.25, 0.3) is 0 Å². The van der Waals surface area contributed by atoms with Gasteiger partial charge in [-0.1, -0.05) is 11.6 Å². The Kier molecular flexibility index (Phi) is 2.46. The van der Waals surface area contributed by atoms with Crippen LogP contribution < -0.4 is 0 Å². The normalized spacial score (nSPS) is 10.0. The highest BCUT2D eigenvalue weighted by molar-refractivity contribution is 14.1. The molecule has 0 aliphatic rings. The molecule has 0 fully saturated rings. The number of benzene rings is 1. The van der Waals surface area contributed by atoms with Crippen LogP contribution in [0, 0.1) is 15.2 Å². The zero-order chi connectivity index (χ0) is 7.72. The zero-order valence-electron chi connectivity index (χ0n) is 4.67. The lowest BCUT2D eigenvalue weighted by Crippen LogP contribution is -1.84. The third-order valence-corrected chi connectivity index (χ3v) is 2.49. The molecule has 0 aliphatic heterocycles. The first kappa shape index (κ1) is 8.20. The summed E-state index contributed by atoms with van der Waals surface area (Å²) in [6.07, 6.45) is 0. The minimum Gasteiger partial charge on any atom is -0.204 e. The fraction of sp³-hybridized carbons (Fsp3) is 0. The van der Waals surface area contributed by atoms with Crippen molar-refractivity contribution in [3.05, 3.63) is 32.4 Å². The summed E-state index contributed by atoms with van der Waals surface area (Å²) < 4.78 is 25.1. The number of hydrogen-bond donors (Lipinski definition) is 0. The van der Waals surface area contributed by atoms with E-state index in [-0.39, 0.29) is 5.02 Å². The van der Waals surface area contributed by atoms with Crippen molar-refractivity contribution in [1.82, 2.24) is 0 Å². The summed E-state index contributed by atoms with van der Waals surface area (Å²) in [4.78, 5) is 0. The van der Waals surface area contributed by atoms with Gasteiger partial charge in [-0.3, -0.25) is 0 Å². The maximum absolute atomic E-state index is 12.3. The van der Waals surface area contributed by atoms with Crippen LogP contribution in [0.25, 0.3) is 0 Å².